The molecular weight excluding hydrogens is 300 g/mol. The number of aromatic nitrogens is 2. The van der Waals surface area contributed by atoms with Crippen LogP contribution in [0.2, 0.25) is 0 Å². The van der Waals surface area contributed by atoms with Gasteiger partial charge in [0.25, 0.3) is 0 Å². The van der Waals surface area contributed by atoms with E-state index in [0.717, 1.165) is 27.3 Å². The molecule has 2 aromatic rings. The topological polar surface area (TPSA) is 34.9 Å². The number of nitrogens with zero attached hydrogens (tertiary/aromatic N) is 2. The fourth-order valence-electron chi connectivity index (χ4n) is 1.73. The fourth-order valence-corrected chi connectivity index (χ4v) is 3.09. The molecule has 0 N–H and O–H groups in total. The third kappa shape index (κ3) is 2.84. The first-order valence-electron chi connectivity index (χ1n) is 5.40. The first-order valence-corrected chi connectivity index (χ1v) is 7.08. The maximum Gasteiger partial charge on any atom is 0.178 e. The molecule has 2 aromatic heterocycles. The predicted octanol–water partition coefficient (Wildman–Crippen LogP) is 3.46. The maximum atomic E-state index is 12.1. The second-order valence-corrected chi connectivity index (χ2v) is 5.65. The summed E-state index contributed by atoms with van der Waals surface area (Å²) in [7, 11) is 0. The Balaban J connectivity index is 2.18. The Kier molecular flexibility index (Phi) is 3.79. The normalized spacial score (nSPS) is 10.8. The number of rotatable bonds is 4. The van der Waals surface area contributed by atoms with Crippen LogP contribution in [-0.2, 0) is 13.0 Å². The summed E-state index contributed by atoms with van der Waals surface area (Å²) in [6.07, 6.45) is 0.418. The van der Waals surface area contributed by atoms with Crippen LogP contribution < -0.4 is 0 Å². The summed E-state index contributed by atoms with van der Waals surface area (Å²) in [4.78, 5) is 12.8. The molecule has 0 aliphatic carbocycles. The van der Waals surface area contributed by atoms with Crippen LogP contribution in [0.1, 0.15) is 28.0 Å². The van der Waals surface area contributed by atoms with Gasteiger partial charge in [-0.1, -0.05) is 0 Å². The number of carbonyl (C=O) groups is 1. The highest BCUT2D eigenvalue weighted by atomic mass is 79.9. The van der Waals surface area contributed by atoms with E-state index in [0.29, 0.717) is 6.42 Å². The van der Waals surface area contributed by atoms with Crippen molar-refractivity contribution in [3.63, 3.8) is 0 Å². The van der Waals surface area contributed by atoms with E-state index in [2.05, 4.69) is 21.0 Å². The van der Waals surface area contributed by atoms with Crippen molar-refractivity contribution in [2.75, 3.05) is 0 Å². The van der Waals surface area contributed by atoms with Gasteiger partial charge >= 0.3 is 0 Å². The van der Waals surface area contributed by atoms with E-state index in [1.807, 2.05) is 36.0 Å². The number of thiophene rings is 1. The van der Waals surface area contributed by atoms with Gasteiger partial charge in [0, 0.05) is 22.1 Å². The fraction of sp³-hybridized carbons (Fsp3) is 0.333. The van der Waals surface area contributed by atoms with E-state index in [-0.39, 0.29) is 5.78 Å². The predicted molar refractivity (Wildman–Crippen MR) is 72.7 cm³/mol. The lowest BCUT2D eigenvalue weighted by Gasteiger charge is -2.02. The van der Waals surface area contributed by atoms with Gasteiger partial charge in [0.2, 0.25) is 0 Å². The van der Waals surface area contributed by atoms with Gasteiger partial charge in [0.05, 0.1) is 17.0 Å². The molecule has 0 spiro atoms. The average molecular weight is 313 g/mol. The van der Waals surface area contributed by atoms with Crippen LogP contribution >= 0.6 is 27.3 Å². The van der Waals surface area contributed by atoms with E-state index in [1.54, 1.807) is 0 Å². The quantitative estimate of drug-likeness (QED) is 0.810. The van der Waals surface area contributed by atoms with Crippen molar-refractivity contribution >= 4 is 33.0 Å². The molecule has 0 aromatic carbocycles. The molecule has 0 bridgehead atoms. The Labute approximate surface area is 113 Å². The van der Waals surface area contributed by atoms with Crippen LogP contribution in [0, 0.1) is 6.92 Å². The summed E-state index contributed by atoms with van der Waals surface area (Å²) in [6, 6.07) is 3.84. The molecule has 0 amide bonds. The Bertz CT molecular complexity index is 544. The van der Waals surface area contributed by atoms with Gasteiger partial charge in [0.1, 0.15) is 0 Å². The molecule has 0 saturated heterocycles. The molecule has 2 heterocycles. The lowest BCUT2D eigenvalue weighted by atomic mass is 10.2. The Morgan fingerprint density at radius 1 is 1.53 bits per heavy atom. The number of hydrogen-bond acceptors (Lipinski definition) is 3. The van der Waals surface area contributed by atoms with Crippen molar-refractivity contribution in [1.82, 2.24) is 9.78 Å². The summed E-state index contributed by atoms with van der Waals surface area (Å²) in [5, 5.41) is 6.27. The van der Waals surface area contributed by atoms with Crippen molar-refractivity contribution in [2.45, 2.75) is 26.8 Å². The Hall–Kier alpha value is -0.940. The van der Waals surface area contributed by atoms with Gasteiger partial charge in [-0.05, 0) is 41.9 Å². The molecule has 0 radical (unpaired) electrons. The molecule has 17 heavy (non-hydrogen) atoms. The van der Waals surface area contributed by atoms with E-state index >= 15 is 0 Å². The van der Waals surface area contributed by atoms with Gasteiger partial charge in [-0.25, -0.2) is 0 Å². The molecule has 0 unspecified atom stereocenters. The SMILES string of the molecule is CCn1nc(C)cc1CC(=O)c1cc(Br)cs1. The second-order valence-electron chi connectivity index (χ2n) is 3.82. The van der Waals surface area contributed by atoms with Gasteiger partial charge in [0.15, 0.2) is 5.78 Å². The maximum absolute atomic E-state index is 12.1. The minimum absolute atomic E-state index is 0.148. The Morgan fingerprint density at radius 3 is 2.88 bits per heavy atom. The van der Waals surface area contributed by atoms with Crippen molar-refractivity contribution < 1.29 is 4.79 Å². The third-order valence-corrected chi connectivity index (χ3v) is 4.20. The van der Waals surface area contributed by atoms with Crippen LogP contribution in [0.15, 0.2) is 22.0 Å². The molecule has 0 saturated carbocycles. The largest absolute Gasteiger partial charge is 0.293 e. The van der Waals surface area contributed by atoms with Gasteiger partial charge < -0.3 is 0 Å². The number of ketones is 1. The zero-order valence-corrected chi connectivity index (χ0v) is 12.1. The highest BCUT2D eigenvalue weighted by Gasteiger charge is 2.13. The molecule has 0 atom stereocenters. The molecule has 5 heteroatoms. The van der Waals surface area contributed by atoms with Crippen LogP contribution in [0.25, 0.3) is 0 Å². The number of Topliss-reactive ketones (excluding diaryl/α,β-unsaturated/α-hetero) is 1. The molecule has 0 aliphatic heterocycles. The number of halogens is 1. The van der Waals surface area contributed by atoms with Crippen molar-refractivity contribution in [3.05, 3.63) is 38.3 Å². The molecule has 0 fully saturated rings. The molecule has 3 nitrogen and oxygen atoms in total. The highest BCUT2D eigenvalue weighted by molar-refractivity contribution is 9.10. The molecule has 2 rings (SSSR count). The summed E-state index contributed by atoms with van der Waals surface area (Å²) >= 11 is 4.83. The first-order chi connectivity index (χ1) is 8.10. The number of carbonyl (C=O) groups excluding carboxylic acids is 1. The van der Waals surface area contributed by atoms with Crippen molar-refractivity contribution in [1.29, 1.82) is 0 Å². The lowest BCUT2D eigenvalue weighted by Crippen LogP contribution is -2.08. The minimum atomic E-state index is 0.148. The second kappa shape index (κ2) is 5.14. The average Bonchev–Trinajstić information content (AvgIpc) is 2.85. The summed E-state index contributed by atoms with van der Waals surface area (Å²) in [5.41, 5.74) is 1.95. The van der Waals surface area contributed by atoms with Crippen LogP contribution in [0.4, 0.5) is 0 Å². The summed E-state index contributed by atoms with van der Waals surface area (Å²) in [5.74, 6) is 0.148. The minimum Gasteiger partial charge on any atom is -0.293 e. The van der Waals surface area contributed by atoms with Crippen molar-refractivity contribution in [3.8, 4) is 0 Å². The van der Waals surface area contributed by atoms with Gasteiger partial charge in [-0.3, -0.25) is 9.48 Å². The van der Waals surface area contributed by atoms with E-state index in [1.165, 1.54) is 11.3 Å². The summed E-state index contributed by atoms with van der Waals surface area (Å²) < 4.78 is 2.85. The zero-order valence-electron chi connectivity index (χ0n) is 9.74. The molecule has 0 aliphatic rings. The zero-order chi connectivity index (χ0) is 12.4. The van der Waals surface area contributed by atoms with E-state index < -0.39 is 0 Å². The van der Waals surface area contributed by atoms with E-state index in [4.69, 9.17) is 0 Å². The van der Waals surface area contributed by atoms with Crippen molar-refractivity contribution in [2.24, 2.45) is 0 Å². The monoisotopic (exact) mass is 312 g/mol. The third-order valence-electron chi connectivity index (χ3n) is 2.47. The molecule has 90 valence electrons. The number of hydrogen-bond donors (Lipinski definition) is 0. The van der Waals surface area contributed by atoms with E-state index in [9.17, 15) is 4.79 Å². The van der Waals surface area contributed by atoms with Crippen LogP contribution in [-0.4, -0.2) is 15.6 Å². The van der Waals surface area contributed by atoms with Crippen LogP contribution in [0.5, 0.6) is 0 Å². The van der Waals surface area contributed by atoms with Gasteiger partial charge in [-0.15, -0.1) is 11.3 Å². The standard InChI is InChI=1S/C12H13BrN2OS/c1-3-15-10(4-8(2)14-15)6-11(16)12-5-9(13)7-17-12/h4-5,7H,3,6H2,1-2H3. The lowest BCUT2D eigenvalue weighted by molar-refractivity contribution is 0.0994. The number of aryl methyl sites for hydroxylation is 2. The highest BCUT2D eigenvalue weighted by Crippen LogP contribution is 2.21. The summed E-state index contributed by atoms with van der Waals surface area (Å²) in [6.45, 7) is 4.77. The van der Waals surface area contributed by atoms with Gasteiger partial charge in [-0.2, -0.15) is 5.10 Å². The molecular formula is C12H13BrN2OS. The van der Waals surface area contributed by atoms with Crippen LogP contribution in [0.3, 0.4) is 0 Å². The Morgan fingerprint density at radius 2 is 2.29 bits per heavy atom. The first kappa shape index (κ1) is 12.5. The smallest absolute Gasteiger partial charge is 0.178 e.